The summed E-state index contributed by atoms with van der Waals surface area (Å²) in [4.78, 5) is 12.1. The van der Waals surface area contributed by atoms with Crippen molar-refractivity contribution in [3.8, 4) is 0 Å². The molecule has 1 aromatic carbocycles. The lowest BCUT2D eigenvalue weighted by atomic mass is 10.1. The minimum absolute atomic E-state index is 0.0191. The zero-order valence-corrected chi connectivity index (χ0v) is 10.4. The SMILES string of the molecule is CC1CCC(NC(=O)c2ccc3cn[nH]c3c2)C1. The first-order valence-electron chi connectivity index (χ1n) is 6.46. The van der Waals surface area contributed by atoms with Crippen LogP contribution in [0, 0.1) is 5.92 Å². The van der Waals surface area contributed by atoms with Gasteiger partial charge in [0.25, 0.3) is 5.91 Å². The van der Waals surface area contributed by atoms with Crippen molar-refractivity contribution in [2.45, 2.75) is 32.2 Å². The Morgan fingerprint density at radius 2 is 2.33 bits per heavy atom. The Kier molecular flexibility index (Phi) is 2.78. The van der Waals surface area contributed by atoms with Gasteiger partial charge in [-0.05, 0) is 37.3 Å². The predicted octanol–water partition coefficient (Wildman–Crippen LogP) is 2.48. The summed E-state index contributed by atoms with van der Waals surface area (Å²) in [5, 5.41) is 11.0. The molecule has 1 saturated carbocycles. The van der Waals surface area contributed by atoms with E-state index >= 15 is 0 Å². The van der Waals surface area contributed by atoms with Gasteiger partial charge in [0.2, 0.25) is 0 Å². The molecule has 2 atom stereocenters. The summed E-state index contributed by atoms with van der Waals surface area (Å²) in [6.07, 6.45) is 5.16. The maximum absolute atomic E-state index is 12.1. The van der Waals surface area contributed by atoms with Crippen molar-refractivity contribution < 1.29 is 4.79 Å². The molecule has 1 aliphatic carbocycles. The number of nitrogens with zero attached hydrogens (tertiary/aromatic N) is 1. The largest absolute Gasteiger partial charge is 0.349 e. The van der Waals surface area contributed by atoms with E-state index in [-0.39, 0.29) is 5.91 Å². The summed E-state index contributed by atoms with van der Waals surface area (Å²) in [7, 11) is 0. The summed E-state index contributed by atoms with van der Waals surface area (Å²) in [6.45, 7) is 2.24. The smallest absolute Gasteiger partial charge is 0.251 e. The Balaban J connectivity index is 1.75. The van der Waals surface area contributed by atoms with Crippen LogP contribution in [0.15, 0.2) is 24.4 Å². The number of rotatable bonds is 2. The first-order chi connectivity index (χ1) is 8.72. The number of carbonyl (C=O) groups is 1. The molecule has 0 bridgehead atoms. The fourth-order valence-corrected chi connectivity index (χ4v) is 2.69. The molecular formula is C14H17N3O. The summed E-state index contributed by atoms with van der Waals surface area (Å²) >= 11 is 0. The highest BCUT2D eigenvalue weighted by molar-refractivity contribution is 5.97. The maximum Gasteiger partial charge on any atom is 0.251 e. The number of benzene rings is 1. The zero-order chi connectivity index (χ0) is 12.5. The van der Waals surface area contributed by atoms with Crippen LogP contribution < -0.4 is 5.32 Å². The minimum atomic E-state index is 0.0191. The molecule has 0 aliphatic heterocycles. The quantitative estimate of drug-likeness (QED) is 0.851. The Labute approximate surface area is 106 Å². The van der Waals surface area contributed by atoms with Crippen LogP contribution in [-0.2, 0) is 0 Å². The molecular weight excluding hydrogens is 226 g/mol. The van der Waals surface area contributed by atoms with E-state index in [2.05, 4.69) is 22.4 Å². The van der Waals surface area contributed by atoms with Crippen molar-refractivity contribution in [3.63, 3.8) is 0 Å². The molecule has 0 saturated heterocycles. The number of fused-ring (bicyclic) bond motifs is 1. The van der Waals surface area contributed by atoms with Crippen LogP contribution in [0.3, 0.4) is 0 Å². The van der Waals surface area contributed by atoms with E-state index in [9.17, 15) is 4.79 Å². The molecule has 94 valence electrons. The number of carbonyl (C=O) groups excluding carboxylic acids is 1. The van der Waals surface area contributed by atoms with Gasteiger partial charge in [0.05, 0.1) is 11.7 Å². The number of amides is 1. The number of hydrogen-bond donors (Lipinski definition) is 2. The summed E-state index contributed by atoms with van der Waals surface area (Å²) in [5.41, 5.74) is 1.61. The number of hydrogen-bond acceptors (Lipinski definition) is 2. The van der Waals surface area contributed by atoms with E-state index in [1.54, 1.807) is 6.20 Å². The standard InChI is InChI=1S/C14H17N3O/c1-9-2-5-12(6-9)16-14(18)10-3-4-11-8-15-17-13(11)7-10/h3-4,7-9,12H,2,5-6H2,1H3,(H,15,17)(H,16,18). The maximum atomic E-state index is 12.1. The third kappa shape index (κ3) is 2.10. The van der Waals surface area contributed by atoms with Gasteiger partial charge in [-0.15, -0.1) is 0 Å². The van der Waals surface area contributed by atoms with Crippen LogP contribution in [0.25, 0.3) is 10.9 Å². The molecule has 2 aromatic rings. The molecule has 2 N–H and O–H groups in total. The van der Waals surface area contributed by atoms with E-state index in [4.69, 9.17) is 0 Å². The van der Waals surface area contributed by atoms with Gasteiger partial charge >= 0.3 is 0 Å². The van der Waals surface area contributed by atoms with Crippen LogP contribution in [0.5, 0.6) is 0 Å². The van der Waals surface area contributed by atoms with Crippen molar-refractivity contribution in [2.75, 3.05) is 0 Å². The van der Waals surface area contributed by atoms with Gasteiger partial charge in [0.1, 0.15) is 0 Å². The lowest BCUT2D eigenvalue weighted by Gasteiger charge is -2.12. The van der Waals surface area contributed by atoms with E-state index < -0.39 is 0 Å². The molecule has 4 heteroatoms. The number of H-pyrrole nitrogens is 1. The Morgan fingerprint density at radius 1 is 1.44 bits per heavy atom. The van der Waals surface area contributed by atoms with Crippen LogP contribution in [0.2, 0.25) is 0 Å². The molecule has 2 unspecified atom stereocenters. The monoisotopic (exact) mass is 243 g/mol. The molecule has 1 fully saturated rings. The molecule has 1 amide bonds. The highest BCUT2D eigenvalue weighted by atomic mass is 16.1. The molecule has 1 heterocycles. The van der Waals surface area contributed by atoms with Crippen molar-refractivity contribution in [2.24, 2.45) is 5.92 Å². The first kappa shape index (κ1) is 11.3. The van der Waals surface area contributed by atoms with E-state index in [0.29, 0.717) is 11.6 Å². The molecule has 0 radical (unpaired) electrons. The third-order valence-corrected chi connectivity index (χ3v) is 3.73. The number of aromatic nitrogens is 2. The van der Waals surface area contributed by atoms with Crippen LogP contribution >= 0.6 is 0 Å². The summed E-state index contributed by atoms with van der Waals surface area (Å²) in [6, 6.07) is 5.97. The number of nitrogens with one attached hydrogen (secondary N) is 2. The van der Waals surface area contributed by atoms with Gasteiger partial charge in [-0.25, -0.2) is 0 Å². The lowest BCUT2D eigenvalue weighted by Crippen LogP contribution is -2.32. The Morgan fingerprint density at radius 3 is 3.11 bits per heavy atom. The van der Waals surface area contributed by atoms with Gasteiger partial charge in [0, 0.05) is 17.0 Å². The Hall–Kier alpha value is -1.84. The van der Waals surface area contributed by atoms with E-state index in [0.717, 1.165) is 29.7 Å². The molecule has 1 aromatic heterocycles. The third-order valence-electron chi connectivity index (χ3n) is 3.73. The minimum Gasteiger partial charge on any atom is -0.349 e. The van der Waals surface area contributed by atoms with Gasteiger partial charge in [-0.2, -0.15) is 5.10 Å². The molecule has 0 spiro atoms. The fourth-order valence-electron chi connectivity index (χ4n) is 2.69. The fraction of sp³-hybridized carbons (Fsp3) is 0.429. The summed E-state index contributed by atoms with van der Waals surface area (Å²) in [5.74, 6) is 0.746. The molecule has 3 rings (SSSR count). The van der Waals surface area contributed by atoms with Gasteiger partial charge in [-0.3, -0.25) is 9.89 Å². The zero-order valence-electron chi connectivity index (χ0n) is 10.4. The van der Waals surface area contributed by atoms with E-state index in [1.807, 2.05) is 18.2 Å². The van der Waals surface area contributed by atoms with Gasteiger partial charge in [-0.1, -0.05) is 13.0 Å². The lowest BCUT2D eigenvalue weighted by molar-refractivity contribution is 0.0937. The highest BCUT2D eigenvalue weighted by Gasteiger charge is 2.23. The second-order valence-electron chi connectivity index (χ2n) is 5.26. The average Bonchev–Trinajstić information content (AvgIpc) is 2.96. The van der Waals surface area contributed by atoms with Gasteiger partial charge in [0.15, 0.2) is 0 Å². The second-order valence-corrected chi connectivity index (χ2v) is 5.26. The molecule has 18 heavy (non-hydrogen) atoms. The van der Waals surface area contributed by atoms with Crippen molar-refractivity contribution in [3.05, 3.63) is 30.0 Å². The first-order valence-corrected chi connectivity index (χ1v) is 6.46. The molecule has 1 aliphatic rings. The van der Waals surface area contributed by atoms with Crippen molar-refractivity contribution in [1.29, 1.82) is 0 Å². The normalized spacial score (nSPS) is 23.4. The number of aromatic amines is 1. The second kappa shape index (κ2) is 4.44. The van der Waals surface area contributed by atoms with Crippen molar-refractivity contribution >= 4 is 16.8 Å². The van der Waals surface area contributed by atoms with E-state index in [1.165, 1.54) is 6.42 Å². The van der Waals surface area contributed by atoms with Crippen LogP contribution in [0.1, 0.15) is 36.5 Å². The molecule has 4 nitrogen and oxygen atoms in total. The Bertz CT molecular complexity index is 575. The average molecular weight is 243 g/mol. The van der Waals surface area contributed by atoms with Crippen LogP contribution in [-0.4, -0.2) is 22.1 Å². The van der Waals surface area contributed by atoms with Crippen LogP contribution in [0.4, 0.5) is 0 Å². The van der Waals surface area contributed by atoms with Gasteiger partial charge < -0.3 is 5.32 Å². The predicted molar refractivity (Wildman–Crippen MR) is 70.4 cm³/mol. The topological polar surface area (TPSA) is 57.8 Å². The van der Waals surface area contributed by atoms with Crippen molar-refractivity contribution in [1.82, 2.24) is 15.5 Å². The summed E-state index contributed by atoms with van der Waals surface area (Å²) < 4.78 is 0. The highest BCUT2D eigenvalue weighted by Crippen LogP contribution is 2.25.